The number of aryl methyl sites for hydroxylation is 1. The van der Waals surface area contributed by atoms with E-state index in [9.17, 15) is 0 Å². The Kier molecular flexibility index (Phi) is 3.82. The van der Waals surface area contributed by atoms with E-state index in [4.69, 9.17) is 0 Å². The summed E-state index contributed by atoms with van der Waals surface area (Å²) >= 11 is 0. The van der Waals surface area contributed by atoms with Gasteiger partial charge in [0.2, 0.25) is 0 Å². The second-order valence-electron chi connectivity index (χ2n) is 4.65. The Labute approximate surface area is 103 Å². The number of anilines is 2. The summed E-state index contributed by atoms with van der Waals surface area (Å²) in [6, 6.07) is 2.75. The van der Waals surface area contributed by atoms with Crippen LogP contribution in [0.3, 0.4) is 0 Å². The van der Waals surface area contributed by atoms with Crippen LogP contribution in [0.15, 0.2) is 6.07 Å². The number of aromatic nitrogens is 2. The van der Waals surface area contributed by atoms with E-state index in [0.717, 1.165) is 36.8 Å². The molecule has 0 aliphatic heterocycles. The lowest BCUT2D eigenvalue weighted by Crippen LogP contribution is -2.21. The summed E-state index contributed by atoms with van der Waals surface area (Å²) in [6.07, 6.45) is 4.58. The standard InChI is InChI=1S/C13H22N4/c1-4-8-14-12-9-13(16-11(5-2)15-12)17(3)10-6-7-10/h9-10H,4-8H2,1-3H3,(H,14,15,16). The highest BCUT2D eigenvalue weighted by molar-refractivity contribution is 5.50. The van der Waals surface area contributed by atoms with Crippen LogP contribution in [-0.4, -0.2) is 29.6 Å². The third-order valence-corrected chi connectivity index (χ3v) is 3.09. The van der Waals surface area contributed by atoms with E-state index in [1.54, 1.807) is 0 Å². The number of nitrogens with zero attached hydrogens (tertiary/aromatic N) is 3. The molecule has 1 fully saturated rings. The second-order valence-corrected chi connectivity index (χ2v) is 4.65. The van der Waals surface area contributed by atoms with E-state index in [1.807, 2.05) is 0 Å². The molecule has 4 heteroatoms. The van der Waals surface area contributed by atoms with Gasteiger partial charge in [-0.25, -0.2) is 9.97 Å². The van der Waals surface area contributed by atoms with Gasteiger partial charge in [-0.2, -0.15) is 0 Å². The van der Waals surface area contributed by atoms with Crippen LogP contribution in [0.1, 0.15) is 38.9 Å². The first-order chi connectivity index (χ1) is 8.24. The third kappa shape index (κ3) is 3.08. The molecule has 4 nitrogen and oxygen atoms in total. The highest BCUT2D eigenvalue weighted by atomic mass is 15.2. The Morgan fingerprint density at radius 1 is 1.35 bits per heavy atom. The summed E-state index contributed by atoms with van der Waals surface area (Å²) in [5.74, 6) is 2.94. The van der Waals surface area contributed by atoms with Crippen molar-refractivity contribution in [1.29, 1.82) is 0 Å². The van der Waals surface area contributed by atoms with Crippen molar-refractivity contribution in [1.82, 2.24) is 9.97 Å². The van der Waals surface area contributed by atoms with Crippen LogP contribution in [0.5, 0.6) is 0 Å². The lowest BCUT2D eigenvalue weighted by Gasteiger charge is -2.19. The maximum atomic E-state index is 4.60. The van der Waals surface area contributed by atoms with Gasteiger partial charge in [0.25, 0.3) is 0 Å². The predicted octanol–water partition coefficient (Wildman–Crippen LogP) is 2.46. The van der Waals surface area contributed by atoms with Gasteiger partial charge in [0.1, 0.15) is 17.5 Å². The summed E-state index contributed by atoms with van der Waals surface area (Å²) in [6.45, 7) is 5.22. The quantitative estimate of drug-likeness (QED) is 0.821. The van der Waals surface area contributed by atoms with Gasteiger partial charge >= 0.3 is 0 Å². The van der Waals surface area contributed by atoms with Gasteiger partial charge in [-0.3, -0.25) is 0 Å². The number of rotatable bonds is 6. The third-order valence-electron chi connectivity index (χ3n) is 3.09. The number of hydrogen-bond acceptors (Lipinski definition) is 4. The van der Waals surface area contributed by atoms with Crippen LogP contribution in [0.25, 0.3) is 0 Å². The minimum Gasteiger partial charge on any atom is -0.370 e. The molecule has 1 heterocycles. The molecular weight excluding hydrogens is 212 g/mol. The van der Waals surface area contributed by atoms with E-state index in [2.05, 4.69) is 47.1 Å². The second kappa shape index (κ2) is 5.34. The van der Waals surface area contributed by atoms with Crippen LogP contribution in [-0.2, 0) is 6.42 Å². The fraction of sp³-hybridized carbons (Fsp3) is 0.692. The van der Waals surface area contributed by atoms with Gasteiger partial charge in [-0.15, -0.1) is 0 Å². The molecule has 1 aliphatic carbocycles. The van der Waals surface area contributed by atoms with Crippen molar-refractivity contribution < 1.29 is 0 Å². The lowest BCUT2D eigenvalue weighted by atomic mass is 10.4. The van der Waals surface area contributed by atoms with Crippen molar-refractivity contribution in [2.24, 2.45) is 0 Å². The average Bonchev–Trinajstić information content (AvgIpc) is 3.19. The van der Waals surface area contributed by atoms with E-state index >= 15 is 0 Å². The maximum absolute atomic E-state index is 4.60. The fourth-order valence-electron chi connectivity index (χ4n) is 1.81. The molecule has 0 atom stereocenters. The molecular formula is C13H22N4. The normalized spacial score (nSPS) is 14.8. The molecule has 2 rings (SSSR count). The monoisotopic (exact) mass is 234 g/mol. The van der Waals surface area contributed by atoms with Gasteiger partial charge in [0.05, 0.1) is 0 Å². The molecule has 0 radical (unpaired) electrons. The summed E-state index contributed by atoms with van der Waals surface area (Å²) in [5, 5.41) is 3.35. The van der Waals surface area contributed by atoms with Gasteiger partial charge in [-0.1, -0.05) is 13.8 Å². The van der Waals surface area contributed by atoms with E-state index in [1.165, 1.54) is 12.8 Å². The summed E-state index contributed by atoms with van der Waals surface area (Å²) in [4.78, 5) is 11.4. The topological polar surface area (TPSA) is 41.0 Å². The lowest BCUT2D eigenvalue weighted by molar-refractivity contribution is 0.851. The van der Waals surface area contributed by atoms with Gasteiger partial charge in [0.15, 0.2) is 0 Å². The van der Waals surface area contributed by atoms with Crippen molar-refractivity contribution in [3.8, 4) is 0 Å². The Hall–Kier alpha value is -1.32. The summed E-state index contributed by atoms with van der Waals surface area (Å²) in [5.41, 5.74) is 0. The SMILES string of the molecule is CCCNc1cc(N(C)C2CC2)nc(CC)n1. The average molecular weight is 234 g/mol. The van der Waals surface area contributed by atoms with Crippen molar-refractivity contribution in [2.45, 2.75) is 45.6 Å². The van der Waals surface area contributed by atoms with Crippen LogP contribution >= 0.6 is 0 Å². The number of hydrogen-bond donors (Lipinski definition) is 1. The van der Waals surface area contributed by atoms with E-state index in [-0.39, 0.29) is 0 Å². The molecule has 0 unspecified atom stereocenters. The molecule has 1 N–H and O–H groups in total. The largest absolute Gasteiger partial charge is 0.370 e. The smallest absolute Gasteiger partial charge is 0.134 e. The van der Waals surface area contributed by atoms with Crippen molar-refractivity contribution in [3.63, 3.8) is 0 Å². The van der Waals surface area contributed by atoms with Gasteiger partial charge in [0, 0.05) is 32.1 Å². The van der Waals surface area contributed by atoms with Crippen LogP contribution in [0.2, 0.25) is 0 Å². The molecule has 0 bridgehead atoms. The molecule has 1 saturated carbocycles. The predicted molar refractivity (Wildman–Crippen MR) is 71.6 cm³/mol. The molecule has 0 amide bonds. The summed E-state index contributed by atoms with van der Waals surface area (Å²) in [7, 11) is 2.13. The Morgan fingerprint density at radius 3 is 2.71 bits per heavy atom. The molecule has 17 heavy (non-hydrogen) atoms. The molecule has 1 aliphatic rings. The van der Waals surface area contributed by atoms with Crippen LogP contribution < -0.4 is 10.2 Å². The van der Waals surface area contributed by atoms with Gasteiger partial charge < -0.3 is 10.2 Å². The highest BCUT2D eigenvalue weighted by Gasteiger charge is 2.27. The van der Waals surface area contributed by atoms with Crippen molar-refractivity contribution in [2.75, 3.05) is 23.8 Å². The van der Waals surface area contributed by atoms with Crippen LogP contribution in [0.4, 0.5) is 11.6 Å². The van der Waals surface area contributed by atoms with Crippen molar-refractivity contribution >= 4 is 11.6 Å². The van der Waals surface area contributed by atoms with Crippen LogP contribution in [0, 0.1) is 0 Å². The molecule has 0 saturated heterocycles. The first kappa shape index (κ1) is 12.1. The minimum atomic E-state index is 0.689. The van der Waals surface area contributed by atoms with Gasteiger partial charge in [-0.05, 0) is 19.3 Å². The minimum absolute atomic E-state index is 0.689. The van der Waals surface area contributed by atoms with Crippen molar-refractivity contribution in [3.05, 3.63) is 11.9 Å². The Bertz CT molecular complexity index is 374. The number of nitrogens with one attached hydrogen (secondary N) is 1. The molecule has 94 valence electrons. The highest BCUT2D eigenvalue weighted by Crippen LogP contribution is 2.29. The molecule has 1 aromatic rings. The Balaban J connectivity index is 2.18. The summed E-state index contributed by atoms with van der Waals surface area (Å²) < 4.78 is 0. The molecule has 0 aromatic carbocycles. The van der Waals surface area contributed by atoms with E-state index < -0.39 is 0 Å². The Morgan fingerprint density at radius 2 is 2.12 bits per heavy atom. The molecule has 0 spiro atoms. The maximum Gasteiger partial charge on any atom is 0.134 e. The first-order valence-corrected chi connectivity index (χ1v) is 6.59. The van der Waals surface area contributed by atoms with E-state index in [0.29, 0.717) is 6.04 Å². The zero-order chi connectivity index (χ0) is 12.3. The zero-order valence-corrected chi connectivity index (χ0v) is 11.0. The fourth-order valence-corrected chi connectivity index (χ4v) is 1.81. The zero-order valence-electron chi connectivity index (χ0n) is 11.0. The molecule has 1 aromatic heterocycles. The first-order valence-electron chi connectivity index (χ1n) is 6.59.